The number of hydrogen-bond acceptors (Lipinski definition) is 4. The molecule has 156 valence electrons. The van der Waals surface area contributed by atoms with Crippen molar-refractivity contribution in [2.45, 2.75) is 12.8 Å². The fourth-order valence-electron chi connectivity index (χ4n) is 3.69. The lowest BCUT2D eigenvalue weighted by Gasteiger charge is -2.08. The lowest BCUT2D eigenvalue weighted by molar-refractivity contribution is 0.413. The topological polar surface area (TPSA) is 71.3 Å². The van der Waals surface area contributed by atoms with Gasteiger partial charge in [0.1, 0.15) is 17.2 Å². The average molecular weight is 412 g/mol. The van der Waals surface area contributed by atoms with Crippen LogP contribution in [0.1, 0.15) is 22.7 Å². The molecule has 5 heteroatoms. The maximum Gasteiger partial charge on any atom is 0.195 e. The Morgan fingerprint density at radius 1 is 1.03 bits per heavy atom. The van der Waals surface area contributed by atoms with Crippen LogP contribution in [0.4, 0.5) is 0 Å². The number of aromatic hydroxyl groups is 1. The maximum absolute atomic E-state index is 10.4. The molecule has 5 nitrogen and oxygen atoms in total. The highest BCUT2D eigenvalue weighted by Crippen LogP contribution is 2.40. The third-order valence-corrected chi connectivity index (χ3v) is 5.24. The first-order chi connectivity index (χ1) is 15.2. The second-order valence-electron chi connectivity index (χ2n) is 7.05. The molecule has 0 saturated heterocycles. The normalized spacial score (nSPS) is 10.7. The van der Waals surface area contributed by atoms with Crippen molar-refractivity contribution in [3.8, 4) is 34.1 Å². The van der Waals surface area contributed by atoms with Gasteiger partial charge in [0.2, 0.25) is 0 Å². The first-order valence-corrected chi connectivity index (χ1v) is 10.0. The van der Waals surface area contributed by atoms with Gasteiger partial charge in [-0.05, 0) is 42.3 Å². The second kappa shape index (κ2) is 8.79. The number of phenolic OH excluding ortho intramolecular Hbond substituents is 1. The highest BCUT2D eigenvalue weighted by atomic mass is 16.5. The number of H-pyrrole nitrogens is 1. The van der Waals surface area contributed by atoms with Gasteiger partial charge in [-0.15, -0.1) is 0 Å². The molecule has 0 amide bonds. The first kappa shape index (κ1) is 20.3. The summed E-state index contributed by atoms with van der Waals surface area (Å²) in [7, 11) is 1.62. The molecule has 0 bridgehead atoms. The Kier molecular flexibility index (Phi) is 5.76. The average Bonchev–Trinajstić information content (AvgIpc) is 3.41. The Morgan fingerprint density at radius 2 is 1.77 bits per heavy atom. The largest absolute Gasteiger partial charge is 0.507 e. The van der Waals surface area contributed by atoms with Crippen LogP contribution in [0.25, 0.3) is 34.7 Å². The lowest BCUT2D eigenvalue weighted by atomic mass is 10.0. The SMILES string of the molecule is C=Cc1[nH]cc(CCc2nc(-c3ccccc3O)c(-c3ccccc3OC)o2)c1C=C. The van der Waals surface area contributed by atoms with E-state index in [9.17, 15) is 5.11 Å². The smallest absolute Gasteiger partial charge is 0.195 e. The summed E-state index contributed by atoms with van der Waals surface area (Å²) < 4.78 is 11.8. The van der Waals surface area contributed by atoms with Gasteiger partial charge in [0, 0.05) is 29.4 Å². The van der Waals surface area contributed by atoms with Gasteiger partial charge in [0.15, 0.2) is 11.7 Å². The number of nitrogens with zero attached hydrogens (tertiary/aromatic N) is 1. The van der Waals surface area contributed by atoms with E-state index < -0.39 is 0 Å². The molecule has 2 heterocycles. The molecule has 0 spiro atoms. The summed E-state index contributed by atoms with van der Waals surface area (Å²) in [6.45, 7) is 7.74. The van der Waals surface area contributed by atoms with Crippen LogP contribution in [-0.4, -0.2) is 22.2 Å². The van der Waals surface area contributed by atoms with E-state index in [1.807, 2.05) is 48.7 Å². The predicted octanol–water partition coefficient (Wildman–Crippen LogP) is 6.12. The van der Waals surface area contributed by atoms with Crippen molar-refractivity contribution < 1.29 is 14.3 Å². The number of nitrogens with one attached hydrogen (secondary N) is 1. The van der Waals surface area contributed by atoms with Crippen molar-refractivity contribution >= 4 is 12.2 Å². The molecule has 0 unspecified atom stereocenters. The molecule has 2 aromatic carbocycles. The zero-order valence-electron chi connectivity index (χ0n) is 17.4. The molecule has 0 aliphatic rings. The number of para-hydroxylation sites is 2. The molecule has 4 aromatic rings. The van der Waals surface area contributed by atoms with Crippen molar-refractivity contribution in [1.29, 1.82) is 0 Å². The first-order valence-electron chi connectivity index (χ1n) is 10.0. The van der Waals surface area contributed by atoms with Crippen LogP contribution < -0.4 is 4.74 Å². The number of benzene rings is 2. The Labute approximate surface area is 181 Å². The molecule has 0 atom stereocenters. The highest BCUT2D eigenvalue weighted by Gasteiger charge is 2.22. The van der Waals surface area contributed by atoms with E-state index in [0.717, 1.165) is 28.8 Å². The highest BCUT2D eigenvalue weighted by molar-refractivity contribution is 5.82. The van der Waals surface area contributed by atoms with E-state index in [-0.39, 0.29) is 5.75 Å². The van der Waals surface area contributed by atoms with Gasteiger partial charge < -0.3 is 19.2 Å². The summed E-state index contributed by atoms with van der Waals surface area (Å²) in [6.07, 6.45) is 6.87. The minimum Gasteiger partial charge on any atom is -0.507 e. The van der Waals surface area contributed by atoms with E-state index in [4.69, 9.17) is 14.1 Å². The molecule has 2 N–H and O–H groups in total. The minimum absolute atomic E-state index is 0.147. The zero-order chi connectivity index (χ0) is 21.8. The third kappa shape index (κ3) is 3.90. The number of rotatable bonds is 8. The summed E-state index contributed by atoms with van der Waals surface area (Å²) in [5, 5.41) is 10.4. The molecule has 0 aliphatic heterocycles. The van der Waals surface area contributed by atoms with Crippen molar-refractivity contribution in [3.63, 3.8) is 0 Å². The van der Waals surface area contributed by atoms with Gasteiger partial charge >= 0.3 is 0 Å². The minimum atomic E-state index is 0.147. The Hall–Kier alpha value is -3.99. The second-order valence-corrected chi connectivity index (χ2v) is 7.05. The van der Waals surface area contributed by atoms with Gasteiger partial charge in [0.25, 0.3) is 0 Å². The number of aryl methyl sites for hydroxylation is 2. The van der Waals surface area contributed by atoms with Crippen LogP contribution in [0.2, 0.25) is 0 Å². The summed E-state index contributed by atoms with van der Waals surface area (Å²) >= 11 is 0. The van der Waals surface area contributed by atoms with Crippen LogP contribution in [0.3, 0.4) is 0 Å². The van der Waals surface area contributed by atoms with Gasteiger partial charge in [-0.2, -0.15) is 0 Å². The number of aromatic nitrogens is 2. The maximum atomic E-state index is 10.4. The van der Waals surface area contributed by atoms with Crippen LogP contribution >= 0.6 is 0 Å². The number of phenols is 1. The summed E-state index contributed by atoms with van der Waals surface area (Å²) in [5.74, 6) is 1.97. The molecule has 0 aliphatic carbocycles. The summed E-state index contributed by atoms with van der Waals surface area (Å²) in [6, 6.07) is 14.7. The number of ether oxygens (including phenoxy) is 1. The number of oxazole rings is 1. The van der Waals surface area contributed by atoms with E-state index in [1.54, 1.807) is 25.3 Å². The summed E-state index contributed by atoms with van der Waals surface area (Å²) in [4.78, 5) is 7.96. The number of hydrogen-bond donors (Lipinski definition) is 2. The monoisotopic (exact) mass is 412 g/mol. The fraction of sp³-hybridized carbons (Fsp3) is 0.115. The molecular formula is C26H24N2O3. The van der Waals surface area contributed by atoms with E-state index in [2.05, 4.69) is 18.1 Å². The number of aromatic amines is 1. The Morgan fingerprint density at radius 3 is 2.48 bits per heavy atom. The Balaban J connectivity index is 1.75. The van der Waals surface area contributed by atoms with E-state index in [0.29, 0.717) is 35.1 Å². The van der Waals surface area contributed by atoms with Crippen molar-refractivity contribution in [2.24, 2.45) is 0 Å². The van der Waals surface area contributed by atoms with Crippen molar-refractivity contribution in [1.82, 2.24) is 9.97 Å². The van der Waals surface area contributed by atoms with Crippen LogP contribution in [0.15, 0.2) is 72.3 Å². The zero-order valence-corrected chi connectivity index (χ0v) is 17.4. The quantitative estimate of drug-likeness (QED) is 0.366. The van der Waals surface area contributed by atoms with Crippen LogP contribution in [0, 0.1) is 0 Å². The van der Waals surface area contributed by atoms with E-state index >= 15 is 0 Å². The molecular weight excluding hydrogens is 388 g/mol. The molecule has 4 rings (SSSR count). The van der Waals surface area contributed by atoms with Crippen molar-refractivity contribution in [2.75, 3.05) is 7.11 Å². The number of methoxy groups -OCH3 is 1. The predicted molar refractivity (Wildman–Crippen MR) is 124 cm³/mol. The van der Waals surface area contributed by atoms with Crippen LogP contribution in [0.5, 0.6) is 11.5 Å². The van der Waals surface area contributed by atoms with Crippen LogP contribution in [-0.2, 0) is 12.8 Å². The summed E-state index contributed by atoms with van der Waals surface area (Å²) in [5.41, 5.74) is 5.08. The molecule has 0 saturated carbocycles. The molecule has 31 heavy (non-hydrogen) atoms. The van der Waals surface area contributed by atoms with Gasteiger partial charge in [-0.25, -0.2) is 4.98 Å². The van der Waals surface area contributed by atoms with E-state index in [1.165, 1.54) is 0 Å². The standard InChI is InChI=1S/C26H24N2O3/c1-4-18-17(16-27-21(18)5-2)14-15-24-28-25(19-10-6-8-12-22(19)29)26(31-24)20-11-7-9-13-23(20)30-3/h4-13,16,27,29H,1-2,14-15H2,3H3. The molecule has 2 aromatic heterocycles. The molecule has 0 radical (unpaired) electrons. The molecule has 0 fully saturated rings. The third-order valence-electron chi connectivity index (χ3n) is 5.24. The van der Waals surface area contributed by atoms with Crippen molar-refractivity contribution in [3.05, 3.63) is 90.6 Å². The van der Waals surface area contributed by atoms with Gasteiger partial charge in [-0.1, -0.05) is 43.5 Å². The van der Waals surface area contributed by atoms with Gasteiger partial charge in [-0.3, -0.25) is 0 Å². The fourth-order valence-corrected chi connectivity index (χ4v) is 3.69. The van der Waals surface area contributed by atoms with Gasteiger partial charge in [0.05, 0.1) is 12.7 Å². The lowest BCUT2D eigenvalue weighted by Crippen LogP contribution is -1.92. The Bertz CT molecular complexity index is 1230.